The fourth-order valence-electron chi connectivity index (χ4n) is 2.13. The van der Waals surface area contributed by atoms with Crippen LogP contribution in [0, 0.1) is 6.92 Å². The molecule has 4 heteroatoms. The fraction of sp³-hybridized carbons (Fsp3) is 0.263. The fourth-order valence-corrected chi connectivity index (χ4v) is 2.13. The first-order chi connectivity index (χ1) is 10.9. The van der Waals surface area contributed by atoms with E-state index in [1.54, 1.807) is 31.2 Å². The van der Waals surface area contributed by atoms with Crippen LogP contribution in [0.4, 0.5) is 5.69 Å². The highest BCUT2D eigenvalue weighted by atomic mass is 16.5. The Morgan fingerprint density at radius 1 is 0.913 bits per heavy atom. The molecule has 0 saturated carbocycles. The van der Waals surface area contributed by atoms with Gasteiger partial charge in [0, 0.05) is 25.3 Å². The van der Waals surface area contributed by atoms with E-state index in [0.717, 1.165) is 11.3 Å². The zero-order chi connectivity index (χ0) is 17.0. The van der Waals surface area contributed by atoms with Crippen molar-refractivity contribution in [1.29, 1.82) is 0 Å². The maximum absolute atomic E-state index is 12.3. The van der Waals surface area contributed by atoms with Gasteiger partial charge >= 0.3 is 5.97 Å². The van der Waals surface area contributed by atoms with Crippen molar-refractivity contribution in [1.82, 2.24) is 0 Å². The monoisotopic (exact) mass is 311 g/mol. The van der Waals surface area contributed by atoms with Crippen molar-refractivity contribution in [3.05, 3.63) is 65.2 Å². The second-order valence-corrected chi connectivity index (χ2v) is 5.72. The maximum Gasteiger partial charge on any atom is 0.338 e. The lowest BCUT2D eigenvalue weighted by Gasteiger charge is -2.14. The Balaban J connectivity index is 2.04. The summed E-state index contributed by atoms with van der Waals surface area (Å²) in [7, 11) is 3.85. The molecular weight excluding hydrogens is 290 g/mol. The highest BCUT2D eigenvalue weighted by molar-refractivity contribution is 6.01. The van der Waals surface area contributed by atoms with Crippen LogP contribution in [0.5, 0.6) is 0 Å². The minimum absolute atomic E-state index is 0.205. The number of ether oxygens (including phenoxy) is 1. The Kier molecular flexibility index (Phi) is 5.16. The van der Waals surface area contributed by atoms with Gasteiger partial charge in [0.1, 0.15) is 0 Å². The van der Waals surface area contributed by atoms with Gasteiger partial charge in [0.15, 0.2) is 6.10 Å². The number of esters is 1. The van der Waals surface area contributed by atoms with Crippen molar-refractivity contribution >= 4 is 17.4 Å². The number of hydrogen-bond donors (Lipinski definition) is 0. The predicted octanol–water partition coefficient (Wildman–Crippen LogP) is 3.49. The normalized spacial score (nSPS) is 11.7. The van der Waals surface area contributed by atoms with Crippen LogP contribution in [0.25, 0.3) is 0 Å². The molecule has 2 aromatic rings. The van der Waals surface area contributed by atoms with Crippen molar-refractivity contribution in [2.24, 2.45) is 0 Å². The van der Waals surface area contributed by atoms with Gasteiger partial charge in [-0.05, 0) is 38.1 Å². The molecule has 2 aromatic carbocycles. The number of hydrogen-bond acceptors (Lipinski definition) is 4. The smallest absolute Gasteiger partial charge is 0.338 e. The van der Waals surface area contributed by atoms with Crippen molar-refractivity contribution in [2.45, 2.75) is 20.0 Å². The highest BCUT2D eigenvalue weighted by Crippen LogP contribution is 2.15. The first-order valence-corrected chi connectivity index (χ1v) is 7.47. The number of benzene rings is 2. The molecule has 23 heavy (non-hydrogen) atoms. The van der Waals surface area contributed by atoms with Crippen LogP contribution >= 0.6 is 0 Å². The molecule has 0 aromatic heterocycles. The number of carbonyl (C=O) groups is 2. The van der Waals surface area contributed by atoms with Gasteiger partial charge in [-0.15, -0.1) is 0 Å². The number of rotatable bonds is 5. The number of aryl methyl sites for hydroxylation is 1. The van der Waals surface area contributed by atoms with Crippen LogP contribution in [0.2, 0.25) is 0 Å². The summed E-state index contributed by atoms with van der Waals surface area (Å²) in [6.45, 7) is 3.55. The van der Waals surface area contributed by atoms with Gasteiger partial charge < -0.3 is 9.64 Å². The van der Waals surface area contributed by atoms with E-state index in [9.17, 15) is 9.59 Å². The second-order valence-electron chi connectivity index (χ2n) is 5.72. The number of Topliss-reactive ketones (excluding diaryl/α,β-unsaturated/α-hetero) is 1. The zero-order valence-electron chi connectivity index (χ0n) is 13.9. The summed E-state index contributed by atoms with van der Waals surface area (Å²) in [5.74, 6) is -0.702. The minimum Gasteiger partial charge on any atom is -0.451 e. The Labute approximate surface area is 136 Å². The molecule has 0 radical (unpaired) electrons. The molecule has 0 saturated heterocycles. The van der Waals surface area contributed by atoms with Crippen molar-refractivity contribution < 1.29 is 14.3 Å². The molecule has 0 bridgehead atoms. The molecule has 0 N–H and O–H groups in total. The summed E-state index contributed by atoms with van der Waals surface area (Å²) < 4.78 is 5.28. The molecule has 0 fully saturated rings. The summed E-state index contributed by atoms with van der Waals surface area (Å²) in [5.41, 5.74) is 3.04. The van der Waals surface area contributed by atoms with Crippen LogP contribution in [0.15, 0.2) is 48.5 Å². The van der Waals surface area contributed by atoms with Crippen LogP contribution in [-0.2, 0) is 4.74 Å². The van der Waals surface area contributed by atoms with Crippen LogP contribution in [0.3, 0.4) is 0 Å². The van der Waals surface area contributed by atoms with E-state index in [0.29, 0.717) is 11.1 Å². The van der Waals surface area contributed by atoms with Gasteiger partial charge in [0.25, 0.3) is 0 Å². The van der Waals surface area contributed by atoms with E-state index in [-0.39, 0.29) is 5.78 Å². The summed E-state index contributed by atoms with van der Waals surface area (Å²) >= 11 is 0. The van der Waals surface area contributed by atoms with E-state index in [2.05, 4.69) is 0 Å². The van der Waals surface area contributed by atoms with E-state index in [4.69, 9.17) is 4.74 Å². The largest absolute Gasteiger partial charge is 0.451 e. The molecular formula is C19H21NO3. The Bertz CT molecular complexity index is 688. The lowest BCUT2D eigenvalue weighted by molar-refractivity contribution is 0.0319. The van der Waals surface area contributed by atoms with Gasteiger partial charge in [-0.3, -0.25) is 4.79 Å². The molecule has 1 atom stereocenters. The van der Waals surface area contributed by atoms with Crippen LogP contribution in [-0.4, -0.2) is 32.0 Å². The average molecular weight is 311 g/mol. The number of carbonyl (C=O) groups excluding carboxylic acids is 2. The summed E-state index contributed by atoms with van der Waals surface area (Å²) in [4.78, 5) is 26.4. The average Bonchev–Trinajstić information content (AvgIpc) is 2.54. The van der Waals surface area contributed by atoms with Gasteiger partial charge in [-0.1, -0.05) is 29.8 Å². The number of nitrogens with zero attached hydrogens (tertiary/aromatic N) is 1. The third-order valence-corrected chi connectivity index (χ3v) is 3.61. The molecule has 0 spiro atoms. The second kappa shape index (κ2) is 7.09. The van der Waals surface area contributed by atoms with Gasteiger partial charge in [0.2, 0.25) is 5.78 Å². The standard InChI is InChI=1S/C19H21NO3/c1-13-5-7-15(8-6-13)18(21)14(2)23-19(22)16-9-11-17(12-10-16)20(3)4/h5-12,14H,1-4H3/t14-/m0/s1. The third kappa shape index (κ3) is 4.19. The van der Waals surface area contributed by atoms with E-state index in [1.165, 1.54) is 0 Å². The minimum atomic E-state index is -0.821. The summed E-state index contributed by atoms with van der Waals surface area (Å²) in [5, 5.41) is 0. The van der Waals surface area contributed by atoms with Crippen LogP contribution < -0.4 is 4.90 Å². The molecule has 2 rings (SSSR count). The highest BCUT2D eigenvalue weighted by Gasteiger charge is 2.20. The molecule has 0 aliphatic rings. The third-order valence-electron chi connectivity index (χ3n) is 3.61. The topological polar surface area (TPSA) is 46.6 Å². The molecule has 0 aliphatic heterocycles. The first-order valence-electron chi connectivity index (χ1n) is 7.47. The lowest BCUT2D eigenvalue weighted by Crippen LogP contribution is -2.24. The van der Waals surface area contributed by atoms with E-state index < -0.39 is 12.1 Å². The SMILES string of the molecule is Cc1ccc(C(=O)[C@H](C)OC(=O)c2ccc(N(C)C)cc2)cc1. The van der Waals surface area contributed by atoms with Crippen molar-refractivity contribution in [3.63, 3.8) is 0 Å². The van der Waals surface area contributed by atoms with Gasteiger partial charge in [-0.25, -0.2) is 4.79 Å². The Hall–Kier alpha value is -2.62. The Morgan fingerprint density at radius 3 is 1.96 bits per heavy atom. The van der Waals surface area contributed by atoms with Gasteiger partial charge in [-0.2, -0.15) is 0 Å². The molecule has 0 amide bonds. The maximum atomic E-state index is 12.3. The molecule has 4 nitrogen and oxygen atoms in total. The lowest BCUT2D eigenvalue weighted by atomic mass is 10.1. The number of ketones is 1. The van der Waals surface area contributed by atoms with E-state index in [1.807, 2.05) is 50.2 Å². The predicted molar refractivity (Wildman–Crippen MR) is 91.2 cm³/mol. The van der Waals surface area contributed by atoms with Crippen molar-refractivity contribution in [3.8, 4) is 0 Å². The molecule has 120 valence electrons. The van der Waals surface area contributed by atoms with Gasteiger partial charge in [0.05, 0.1) is 5.56 Å². The molecule has 0 heterocycles. The summed E-state index contributed by atoms with van der Waals surface area (Å²) in [6.07, 6.45) is -0.821. The summed E-state index contributed by atoms with van der Waals surface area (Å²) in [6, 6.07) is 14.3. The molecule has 0 unspecified atom stereocenters. The Morgan fingerprint density at radius 2 is 1.43 bits per heavy atom. The van der Waals surface area contributed by atoms with E-state index >= 15 is 0 Å². The quantitative estimate of drug-likeness (QED) is 0.626. The first kappa shape index (κ1) is 16.7. The van der Waals surface area contributed by atoms with Crippen molar-refractivity contribution in [2.75, 3.05) is 19.0 Å². The van der Waals surface area contributed by atoms with Crippen LogP contribution in [0.1, 0.15) is 33.2 Å². The zero-order valence-corrected chi connectivity index (χ0v) is 13.9. The molecule has 0 aliphatic carbocycles. The number of anilines is 1.